The Hall–Kier alpha value is -1.02. The van der Waals surface area contributed by atoms with E-state index in [0.29, 0.717) is 11.7 Å². The average molecular weight is 257 g/mol. The molecule has 1 aromatic carbocycles. The first-order valence-electron chi connectivity index (χ1n) is 7.91. The highest BCUT2D eigenvalue weighted by Gasteiger charge is 2.42. The number of benzene rings is 1. The zero-order valence-corrected chi connectivity index (χ0v) is 11.5. The highest BCUT2D eigenvalue weighted by atomic mass is 16.3. The van der Waals surface area contributed by atoms with E-state index in [1.807, 2.05) is 12.1 Å². The van der Waals surface area contributed by atoms with Crippen LogP contribution < -0.4 is 0 Å². The van der Waals surface area contributed by atoms with E-state index in [-0.39, 0.29) is 0 Å². The molecule has 2 heteroatoms. The molecule has 1 saturated carbocycles. The standard InChI is InChI=1S/C17H23NO/c19-17-7-3-6-13-14-10-11-18(12-4-1-2-5-12)16(14)9-8-15(13)17/h3,6-7,12,14,16,19H,1-2,4-5,8-11H2. The van der Waals surface area contributed by atoms with Crippen molar-refractivity contribution in [3.05, 3.63) is 29.3 Å². The summed E-state index contributed by atoms with van der Waals surface area (Å²) in [6.07, 6.45) is 9.27. The van der Waals surface area contributed by atoms with Crippen LogP contribution in [-0.4, -0.2) is 28.6 Å². The van der Waals surface area contributed by atoms with E-state index < -0.39 is 0 Å². The lowest BCUT2D eigenvalue weighted by atomic mass is 9.79. The quantitative estimate of drug-likeness (QED) is 0.833. The van der Waals surface area contributed by atoms with E-state index in [1.54, 1.807) is 0 Å². The normalized spacial score (nSPS) is 31.4. The molecule has 0 spiro atoms. The molecule has 2 fully saturated rings. The Bertz CT molecular complexity index is 478. The number of phenolic OH excluding ortho intramolecular Hbond substituents is 1. The second-order valence-electron chi connectivity index (χ2n) is 6.52. The second-order valence-corrected chi connectivity index (χ2v) is 6.52. The van der Waals surface area contributed by atoms with Crippen molar-refractivity contribution < 1.29 is 5.11 Å². The molecule has 102 valence electrons. The zero-order valence-electron chi connectivity index (χ0n) is 11.5. The number of rotatable bonds is 1. The third-order valence-corrected chi connectivity index (χ3v) is 5.66. The molecule has 1 N–H and O–H groups in total. The maximum Gasteiger partial charge on any atom is 0.119 e. The number of likely N-dealkylation sites (tertiary alicyclic amines) is 1. The van der Waals surface area contributed by atoms with Crippen LogP contribution in [-0.2, 0) is 6.42 Å². The molecule has 1 aromatic rings. The SMILES string of the molecule is Oc1cccc2c1CCC1C2CCN1C1CCCC1. The van der Waals surface area contributed by atoms with Gasteiger partial charge in [-0.2, -0.15) is 0 Å². The molecule has 3 aliphatic rings. The molecule has 19 heavy (non-hydrogen) atoms. The lowest BCUT2D eigenvalue weighted by Crippen LogP contribution is -2.40. The van der Waals surface area contributed by atoms with Crippen molar-refractivity contribution in [1.82, 2.24) is 4.90 Å². The van der Waals surface area contributed by atoms with E-state index in [2.05, 4.69) is 11.0 Å². The maximum absolute atomic E-state index is 10.0. The van der Waals surface area contributed by atoms with Crippen molar-refractivity contribution in [3.63, 3.8) is 0 Å². The fourth-order valence-electron chi connectivity index (χ4n) is 4.80. The number of nitrogens with zero attached hydrogens (tertiary/aromatic N) is 1. The van der Waals surface area contributed by atoms with Crippen LogP contribution >= 0.6 is 0 Å². The van der Waals surface area contributed by atoms with E-state index in [9.17, 15) is 5.11 Å². The van der Waals surface area contributed by atoms with Crippen LogP contribution in [0.15, 0.2) is 18.2 Å². The summed E-state index contributed by atoms with van der Waals surface area (Å²) in [7, 11) is 0. The molecule has 2 aliphatic carbocycles. The van der Waals surface area contributed by atoms with Gasteiger partial charge in [0.2, 0.25) is 0 Å². The minimum atomic E-state index is 0.523. The first-order valence-corrected chi connectivity index (χ1v) is 7.91. The van der Waals surface area contributed by atoms with Gasteiger partial charge in [-0.3, -0.25) is 4.90 Å². The van der Waals surface area contributed by atoms with Crippen LogP contribution in [0.5, 0.6) is 5.75 Å². The fourth-order valence-corrected chi connectivity index (χ4v) is 4.80. The van der Waals surface area contributed by atoms with Crippen LogP contribution in [0, 0.1) is 0 Å². The van der Waals surface area contributed by atoms with Gasteiger partial charge in [0.25, 0.3) is 0 Å². The number of hydrogen-bond donors (Lipinski definition) is 1. The molecule has 0 bridgehead atoms. The van der Waals surface area contributed by atoms with Gasteiger partial charge in [-0.1, -0.05) is 25.0 Å². The van der Waals surface area contributed by atoms with E-state index in [0.717, 1.165) is 18.5 Å². The molecule has 0 amide bonds. The minimum absolute atomic E-state index is 0.523. The maximum atomic E-state index is 10.0. The molecular weight excluding hydrogens is 234 g/mol. The van der Waals surface area contributed by atoms with Crippen molar-refractivity contribution in [2.45, 2.75) is 62.9 Å². The molecule has 1 aliphatic heterocycles. The van der Waals surface area contributed by atoms with Crippen molar-refractivity contribution in [2.24, 2.45) is 0 Å². The van der Waals surface area contributed by atoms with Crippen molar-refractivity contribution in [1.29, 1.82) is 0 Å². The predicted molar refractivity (Wildman–Crippen MR) is 76.5 cm³/mol. The third kappa shape index (κ3) is 1.80. The Balaban J connectivity index is 1.64. The molecule has 2 nitrogen and oxygen atoms in total. The monoisotopic (exact) mass is 257 g/mol. The van der Waals surface area contributed by atoms with E-state index in [1.165, 1.54) is 56.2 Å². The van der Waals surface area contributed by atoms with E-state index >= 15 is 0 Å². The molecule has 1 saturated heterocycles. The van der Waals surface area contributed by atoms with Crippen LogP contribution in [0.1, 0.15) is 55.6 Å². The molecule has 0 radical (unpaired) electrons. The summed E-state index contributed by atoms with van der Waals surface area (Å²) >= 11 is 0. The predicted octanol–water partition coefficient (Wildman–Crippen LogP) is 3.44. The summed E-state index contributed by atoms with van der Waals surface area (Å²) in [6, 6.07) is 7.73. The topological polar surface area (TPSA) is 23.5 Å². The van der Waals surface area contributed by atoms with Crippen molar-refractivity contribution in [3.8, 4) is 5.75 Å². The van der Waals surface area contributed by atoms with E-state index in [4.69, 9.17) is 0 Å². The first kappa shape index (κ1) is 11.8. The van der Waals surface area contributed by atoms with Gasteiger partial charge in [0, 0.05) is 18.0 Å². The third-order valence-electron chi connectivity index (χ3n) is 5.66. The highest BCUT2D eigenvalue weighted by molar-refractivity contribution is 5.44. The van der Waals surface area contributed by atoms with Gasteiger partial charge in [0.15, 0.2) is 0 Å². The molecule has 4 rings (SSSR count). The van der Waals surface area contributed by atoms with Gasteiger partial charge < -0.3 is 5.11 Å². The summed E-state index contributed by atoms with van der Waals surface area (Å²) < 4.78 is 0. The summed E-state index contributed by atoms with van der Waals surface area (Å²) in [5.74, 6) is 1.20. The average Bonchev–Trinajstić information content (AvgIpc) is 3.07. The summed E-state index contributed by atoms with van der Waals surface area (Å²) in [6.45, 7) is 1.27. The van der Waals surface area contributed by atoms with Gasteiger partial charge >= 0.3 is 0 Å². The lowest BCUT2D eigenvalue weighted by molar-refractivity contribution is 0.163. The van der Waals surface area contributed by atoms with Crippen molar-refractivity contribution >= 4 is 0 Å². The molecule has 2 unspecified atom stereocenters. The number of aromatic hydroxyl groups is 1. The summed E-state index contributed by atoms with van der Waals surface area (Å²) in [4.78, 5) is 2.81. The van der Waals surface area contributed by atoms with Crippen LogP contribution in [0.25, 0.3) is 0 Å². The summed E-state index contributed by atoms with van der Waals surface area (Å²) in [5.41, 5.74) is 2.67. The molecule has 2 atom stereocenters. The van der Waals surface area contributed by atoms with Crippen LogP contribution in [0.4, 0.5) is 0 Å². The molecule has 0 aromatic heterocycles. The number of hydrogen-bond acceptors (Lipinski definition) is 2. The lowest BCUT2D eigenvalue weighted by Gasteiger charge is -2.36. The summed E-state index contributed by atoms with van der Waals surface area (Å²) in [5, 5.41) is 10.0. The Morgan fingerprint density at radius 1 is 1.05 bits per heavy atom. The minimum Gasteiger partial charge on any atom is -0.508 e. The van der Waals surface area contributed by atoms with Gasteiger partial charge in [-0.15, -0.1) is 0 Å². The second kappa shape index (κ2) is 4.52. The van der Waals surface area contributed by atoms with Gasteiger partial charge in [0.1, 0.15) is 5.75 Å². The van der Waals surface area contributed by atoms with Crippen molar-refractivity contribution in [2.75, 3.05) is 6.54 Å². The zero-order chi connectivity index (χ0) is 12.8. The van der Waals surface area contributed by atoms with Gasteiger partial charge in [-0.05, 0) is 55.8 Å². The Morgan fingerprint density at radius 2 is 1.89 bits per heavy atom. The Kier molecular flexibility index (Phi) is 2.80. The fraction of sp³-hybridized carbons (Fsp3) is 0.647. The smallest absolute Gasteiger partial charge is 0.119 e. The largest absolute Gasteiger partial charge is 0.508 e. The van der Waals surface area contributed by atoms with Gasteiger partial charge in [0.05, 0.1) is 0 Å². The number of fused-ring (bicyclic) bond motifs is 3. The first-order chi connectivity index (χ1) is 9.34. The molecular formula is C17H23NO. The van der Waals surface area contributed by atoms with Crippen LogP contribution in [0.3, 0.4) is 0 Å². The molecule has 1 heterocycles. The Labute approximate surface area is 115 Å². The highest BCUT2D eigenvalue weighted by Crippen LogP contribution is 2.45. The Morgan fingerprint density at radius 3 is 2.74 bits per heavy atom. The number of phenols is 1. The van der Waals surface area contributed by atoms with Gasteiger partial charge in [-0.25, -0.2) is 0 Å². The van der Waals surface area contributed by atoms with Crippen LogP contribution in [0.2, 0.25) is 0 Å².